The molecule has 0 radical (unpaired) electrons. The molecule has 0 saturated carbocycles. The number of carbonyl (C=O) groups is 2. The molecular weight excluding hydrogens is 310 g/mol. The fourth-order valence-corrected chi connectivity index (χ4v) is 2.92. The highest BCUT2D eigenvalue weighted by atomic mass is 32.1. The van der Waals surface area contributed by atoms with E-state index in [9.17, 15) is 9.59 Å². The lowest BCUT2D eigenvalue weighted by molar-refractivity contribution is -0.140. The molecule has 1 aromatic carbocycles. The maximum Gasteiger partial charge on any atom is 0.331 e. The van der Waals surface area contributed by atoms with Gasteiger partial charge in [-0.25, -0.2) is 4.79 Å². The largest absolute Gasteiger partial charge is 0.451 e. The molecule has 5 heteroatoms. The first kappa shape index (κ1) is 15.2. The van der Waals surface area contributed by atoms with E-state index < -0.39 is 12.1 Å². The van der Waals surface area contributed by atoms with Crippen LogP contribution in [-0.2, 0) is 9.53 Å². The summed E-state index contributed by atoms with van der Waals surface area (Å²) in [5.41, 5.74) is 2.34. The number of hydrogen-bond donors (Lipinski definition) is 1. The average Bonchev–Trinajstić information content (AvgIpc) is 3.21. The van der Waals surface area contributed by atoms with Crippen molar-refractivity contribution in [2.45, 2.75) is 13.0 Å². The van der Waals surface area contributed by atoms with Crippen molar-refractivity contribution in [2.24, 2.45) is 0 Å². The van der Waals surface area contributed by atoms with E-state index in [4.69, 9.17) is 4.74 Å². The molecule has 0 fully saturated rings. The number of Topliss-reactive ketones (excluding diaryl/α,β-unsaturated/α-hetero) is 1. The van der Waals surface area contributed by atoms with Crippen molar-refractivity contribution in [2.75, 3.05) is 0 Å². The normalized spacial score (nSPS) is 12.6. The van der Waals surface area contributed by atoms with Gasteiger partial charge in [-0.3, -0.25) is 4.79 Å². The summed E-state index contributed by atoms with van der Waals surface area (Å²) in [6.07, 6.45) is 3.82. The highest BCUT2D eigenvalue weighted by Gasteiger charge is 2.21. The lowest BCUT2D eigenvalue weighted by Crippen LogP contribution is -2.23. The van der Waals surface area contributed by atoms with E-state index >= 15 is 0 Å². The van der Waals surface area contributed by atoms with Gasteiger partial charge in [0.05, 0.1) is 0 Å². The highest BCUT2D eigenvalue weighted by Crippen LogP contribution is 2.20. The third kappa shape index (κ3) is 3.40. The van der Waals surface area contributed by atoms with Crippen LogP contribution in [0, 0.1) is 0 Å². The number of H-pyrrole nitrogens is 1. The Morgan fingerprint density at radius 2 is 2.09 bits per heavy atom. The van der Waals surface area contributed by atoms with Crippen molar-refractivity contribution >= 4 is 40.1 Å². The Labute approximate surface area is 137 Å². The number of ether oxygens (including phenoxy) is 1. The van der Waals surface area contributed by atoms with Gasteiger partial charge in [-0.2, -0.15) is 11.3 Å². The number of ketones is 1. The van der Waals surface area contributed by atoms with Crippen molar-refractivity contribution in [3.05, 3.63) is 64.5 Å². The standard InChI is InChI=1S/C18H15NO3S/c1-12(22-17(20)7-6-13-8-9-23-11-13)18(21)15-10-19-16-5-3-2-4-14(15)16/h2-12,19H,1H3/b7-6+/t12-/m1/s1. The van der Waals surface area contributed by atoms with E-state index in [1.54, 1.807) is 30.5 Å². The summed E-state index contributed by atoms with van der Waals surface area (Å²) >= 11 is 1.55. The summed E-state index contributed by atoms with van der Waals surface area (Å²) in [5.74, 6) is -0.753. The summed E-state index contributed by atoms with van der Waals surface area (Å²) in [6, 6.07) is 9.42. The van der Waals surface area contributed by atoms with Gasteiger partial charge in [-0.15, -0.1) is 0 Å². The van der Waals surface area contributed by atoms with E-state index in [1.165, 1.54) is 6.08 Å². The number of fused-ring (bicyclic) bond motifs is 1. The summed E-state index contributed by atoms with van der Waals surface area (Å²) in [4.78, 5) is 27.3. The average molecular weight is 325 g/mol. The molecular formula is C18H15NO3S. The molecule has 0 unspecified atom stereocenters. The minimum Gasteiger partial charge on any atom is -0.451 e. The molecule has 0 aliphatic heterocycles. The minimum absolute atomic E-state index is 0.222. The van der Waals surface area contributed by atoms with E-state index in [0.29, 0.717) is 5.56 Å². The summed E-state index contributed by atoms with van der Waals surface area (Å²) in [7, 11) is 0. The number of carbonyl (C=O) groups excluding carboxylic acids is 2. The van der Waals surface area contributed by atoms with Gasteiger partial charge in [0.2, 0.25) is 5.78 Å². The quantitative estimate of drug-likeness (QED) is 0.437. The van der Waals surface area contributed by atoms with Crippen LogP contribution in [0.15, 0.2) is 53.4 Å². The Balaban J connectivity index is 1.69. The van der Waals surface area contributed by atoms with Crippen LogP contribution in [0.25, 0.3) is 17.0 Å². The van der Waals surface area contributed by atoms with Crippen LogP contribution in [-0.4, -0.2) is 22.8 Å². The molecule has 0 bridgehead atoms. The fourth-order valence-electron chi connectivity index (χ4n) is 2.30. The van der Waals surface area contributed by atoms with E-state index in [2.05, 4.69) is 4.98 Å². The second-order valence-electron chi connectivity index (χ2n) is 5.08. The first-order valence-electron chi connectivity index (χ1n) is 7.16. The Morgan fingerprint density at radius 1 is 1.26 bits per heavy atom. The molecule has 0 aliphatic carbocycles. The third-order valence-corrected chi connectivity index (χ3v) is 4.17. The number of rotatable bonds is 5. The van der Waals surface area contributed by atoms with Crippen LogP contribution in [0.4, 0.5) is 0 Å². The van der Waals surface area contributed by atoms with Crippen LogP contribution < -0.4 is 0 Å². The maximum absolute atomic E-state index is 12.5. The molecule has 2 aromatic heterocycles. The first-order valence-corrected chi connectivity index (χ1v) is 8.10. The summed E-state index contributed by atoms with van der Waals surface area (Å²) in [5, 5.41) is 4.67. The zero-order valence-corrected chi connectivity index (χ0v) is 13.3. The molecule has 0 amide bonds. The Kier molecular flexibility index (Phi) is 4.39. The van der Waals surface area contributed by atoms with Gasteiger partial charge in [-0.05, 0) is 41.5 Å². The number of hydrogen-bond acceptors (Lipinski definition) is 4. The zero-order chi connectivity index (χ0) is 16.2. The summed E-state index contributed by atoms with van der Waals surface area (Å²) in [6.45, 7) is 1.58. The molecule has 2 heterocycles. The van der Waals surface area contributed by atoms with Crippen LogP contribution in [0.3, 0.4) is 0 Å². The van der Waals surface area contributed by atoms with E-state index in [1.807, 2.05) is 41.1 Å². The Morgan fingerprint density at radius 3 is 2.87 bits per heavy atom. The molecule has 0 saturated heterocycles. The number of esters is 1. The number of para-hydroxylation sites is 1. The molecule has 0 spiro atoms. The smallest absolute Gasteiger partial charge is 0.331 e. The van der Waals surface area contributed by atoms with Gasteiger partial charge in [0.15, 0.2) is 6.10 Å². The lowest BCUT2D eigenvalue weighted by Gasteiger charge is -2.10. The third-order valence-electron chi connectivity index (χ3n) is 3.47. The van der Waals surface area contributed by atoms with Crippen molar-refractivity contribution < 1.29 is 14.3 Å². The summed E-state index contributed by atoms with van der Waals surface area (Å²) < 4.78 is 5.20. The number of thiophene rings is 1. The van der Waals surface area contributed by atoms with Crippen molar-refractivity contribution in [1.29, 1.82) is 0 Å². The van der Waals surface area contributed by atoms with Crippen molar-refractivity contribution in [3.8, 4) is 0 Å². The molecule has 0 aliphatic rings. The number of benzene rings is 1. The fraction of sp³-hybridized carbons (Fsp3) is 0.111. The van der Waals surface area contributed by atoms with Crippen LogP contribution in [0.5, 0.6) is 0 Å². The number of aromatic nitrogens is 1. The second kappa shape index (κ2) is 6.62. The zero-order valence-electron chi connectivity index (χ0n) is 12.5. The van der Waals surface area contributed by atoms with Gasteiger partial charge in [-0.1, -0.05) is 18.2 Å². The minimum atomic E-state index is -0.839. The van der Waals surface area contributed by atoms with Crippen molar-refractivity contribution in [3.63, 3.8) is 0 Å². The van der Waals surface area contributed by atoms with Gasteiger partial charge in [0, 0.05) is 28.7 Å². The van der Waals surface area contributed by atoms with Gasteiger partial charge in [0.1, 0.15) is 0 Å². The molecule has 3 aromatic rings. The Bertz CT molecular complexity index is 861. The SMILES string of the molecule is C[C@@H](OC(=O)/C=C/c1ccsc1)C(=O)c1c[nH]c2ccccc12. The first-order chi connectivity index (χ1) is 11.1. The van der Waals surface area contributed by atoms with Crippen molar-refractivity contribution in [1.82, 2.24) is 4.98 Å². The number of aromatic amines is 1. The second-order valence-corrected chi connectivity index (χ2v) is 5.86. The highest BCUT2D eigenvalue weighted by molar-refractivity contribution is 7.08. The van der Waals surface area contributed by atoms with Gasteiger partial charge in [0.25, 0.3) is 0 Å². The molecule has 1 N–H and O–H groups in total. The van der Waals surface area contributed by atoms with Crippen LogP contribution >= 0.6 is 11.3 Å². The number of nitrogens with one attached hydrogen (secondary N) is 1. The molecule has 23 heavy (non-hydrogen) atoms. The van der Waals surface area contributed by atoms with Gasteiger partial charge >= 0.3 is 5.97 Å². The maximum atomic E-state index is 12.5. The predicted molar refractivity (Wildman–Crippen MR) is 91.5 cm³/mol. The van der Waals surface area contributed by atoms with Gasteiger partial charge < -0.3 is 9.72 Å². The monoisotopic (exact) mass is 325 g/mol. The van der Waals surface area contributed by atoms with Crippen LogP contribution in [0.2, 0.25) is 0 Å². The molecule has 1 atom stereocenters. The van der Waals surface area contributed by atoms with Crippen LogP contribution in [0.1, 0.15) is 22.8 Å². The van der Waals surface area contributed by atoms with E-state index in [-0.39, 0.29) is 5.78 Å². The molecule has 116 valence electrons. The predicted octanol–water partition coefficient (Wildman–Crippen LogP) is 4.06. The van der Waals surface area contributed by atoms with E-state index in [0.717, 1.165) is 16.5 Å². The lowest BCUT2D eigenvalue weighted by atomic mass is 10.1. The Hall–Kier alpha value is -2.66. The molecule has 4 nitrogen and oxygen atoms in total. The topological polar surface area (TPSA) is 59.2 Å². The molecule has 3 rings (SSSR count).